The second kappa shape index (κ2) is 38.8. The maximum atomic E-state index is 13.0. The van der Waals surface area contributed by atoms with Crippen LogP contribution in [0.1, 0.15) is 194 Å². The lowest BCUT2D eigenvalue weighted by atomic mass is 9.98. The molecule has 2 fully saturated rings. The lowest BCUT2D eigenvalue weighted by Gasteiger charge is -2.42. The molecule has 0 saturated carbocycles. The monoisotopic (exact) mass is 945 g/mol. The van der Waals surface area contributed by atoms with Crippen LogP contribution in [0.25, 0.3) is 0 Å². The van der Waals surface area contributed by atoms with E-state index in [0.717, 1.165) is 64.2 Å². The van der Waals surface area contributed by atoms with Crippen LogP contribution >= 0.6 is 0 Å². The van der Waals surface area contributed by atoms with Crippen molar-refractivity contribution in [2.75, 3.05) is 26.4 Å². The van der Waals surface area contributed by atoms with Gasteiger partial charge in [-0.25, -0.2) is 0 Å². The number of allylic oxidation sites excluding steroid dienone is 4. The number of hydrogen-bond donors (Lipinski definition) is 7. The topological polar surface area (TPSA) is 231 Å². The molecule has 15 nitrogen and oxygen atoms in total. The molecule has 386 valence electrons. The minimum atomic E-state index is -1.76. The van der Waals surface area contributed by atoms with Gasteiger partial charge in [-0.05, 0) is 44.9 Å². The summed E-state index contributed by atoms with van der Waals surface area (Å²) in [7, 11) is 0. The molecule has 0 spiro atoms. The van der Waals surface area contributed by atoms with Gasteiger partial charge in [0.2, 0.25) is 0 Å². The number of aliphatic hydroxyl groups excluding tert-OH is 7. The van der Waals surface area contributed by atoms with Crippen LogP contribution in [-0.2, 0) is 38.0 Å². The van der Waals surface area contributed by atoms with Crippen LogP contribution in [0.5, 0.6) is 0 Å². The molecule has 0 aliphatic carbocycles. The Morgan fingerprint density at radius 1 is 0.485 bits per heavy atom. The number of rotatable bonds is 40. The van der Waals surface area contributed by atoms with Gasteiger partial charge in [-0.15, -0.1) is 0 Å². The fourth-order valence-electron chi connectivity index (χ4n) is 8.13. The van der Waals surface area contributed by atoms with Crippen molar-refractivity contribution in [3.8, 4) is 0 Å². The molecule has 2 rings (SSSR count). The molecule has 11 unspecified atom stereocenters. The fraction of sp³-hybridized carbons (Fsp3) is 0.882. The van der Waals surface area contributed by atoms with E-state index in [-0.39, 0.29) is 26.1 Å². The summed E-state index contributed by atoms with van der Waals surface area (Å²) < 4.78 is 33.6. The summed E-state index contributed by atoms with van der Waals surface area (Å²) in [5, 5.41) is 72.1. The van der Waals surface area contributed by atoms with E-state index in [2.05, 4.69) is 38.2 Å². The molecule has 11 atom stereocenters. The second-order valence-corrected chi connectivity index (χ2v) is 18.4. The van der Waals surface area contributed by atoms with Crippen LogP contribution in [-0.4, -0.2) is 142 Å². The molecule has 0 aromatic rings. The van der Waals surface area contributed by atoms with E-state index in [1.807, 2.05) is 0 Å². The summed E-state index contributed by atoms with van der Waals surface area (Å²) in [5.41, 5.74) is 0. The first-order valence-corrected chi connectivity index (χ1v) is 25.9. The van der Waals surface area contributed by atoms with E-state index in [9.17, 15) is 45.3 Å². The van der Waals surface area contributed by atoms with Crippen LogP contribution in [0.3, 0.4) is 0 Å². The summed E-state index contributed by atoms with van der Waals surface area (Å²) in [5.74, 6) is -0.927. The third-order valence-electron chi connectivity index (χ3n) is 12.4. The molecule has 15 heteroatoms. The minimum Gasteiger partial charge on any atom is -0.462 e. The molecule has 0 bridgehead atoms. The fourth-order valence-corrected chi connectivity index (χ4v) is 8.13. The second-order valence-electron chi connectivity index (χ2n) is 18.4. The molecule has 0 aromatic carbocycles. The average molecular weight is 945 g/mol. The van der Waals surface area contributed by atoms with Crippen molar-refractivity contribution < 1.29 is 73.8 Å². The van der Waals surface area contributed by atoms with Crippen molar-refractivity contribution in [2.45, 2.75) is 261 Å². The molecule has 2 aliphatic rings. The first-order chi connectivity index (χ1) is 32.0. The Labute approximate surface area is 396 Å². The Morgan fingerprint density at radius 3 is 1.44 bits per heavy atom. The number of hydrogen-bond acceptors (Lipinski definition) is 15. The van der Waals surface area contributed by atoms with Gasteiger partial charge in [0.1, 0.15) is 55.4 Å². The standard InChI is InChI=1S/C51H92O15/c1-3-5-7-9-11-13-15-17-18-19-20-22-24-26-28-30-32-34-43(54)64-39(36-61-42(53)33-31-29-27-25-23-21-16-14-12-10-8-6-4-2)37-62-50-49(60)47(58)45(56)41(66-50)38-63-51-48(59)46(57)44(55)40(35-52)65-51/h11,13,17-18,39-41,44-52,55-60H,3-10,12,14-16,19-38H2,1-2H3/b13-11-,18-17-. The quantitative estimate of drug-likeness (QED) is 0.0184. The zero-order valence-corrected chi connectivity index (χ0v) is 40.7. The van der Waals surface area contributed by atoms with Crippen LogP contribution in [0.2, 0.25) is 0 Å². The molecule has 0 aromatic heterocycles. The van der Waals surface area contributed by atoms with E-state index < -0.39 is 92.7 Å². The van der Waals surface area contributed by atoms with Gasteiger partial charge in [-0.1, -0.05) is 160 Å². The molecule has 7 N–H and O–H groups in total. The number of ether oxygens (including phenoxy) is 6. The highest BCUT2D eigenvalue weighted by molar-refractivity contribution is 5.70. The highest BCUT2D eigenvalue weighted by Gasteiger charge is 2.47. The first kappa shape index (κ1) is 60.1. The average Bonchev–Trinajstić information content (AvgIpc) is 3.31. The van der Waals surface area contributed by atoms with Crippen LogP contribution in [0, 0.1) is 0 Å². The molecule has 66 heavy (non-hydrogen) atoms. The predicted molar refractivity (Wildman–Crippen MR) is 252 cm³/mol. The van der Waals surface area contributed by atoms with Crippen molar-refractivity contribution in [3.05, 3.63) is 24.3 Å². The smallest absolute Gasteiger partial charge is 0.306 e. The third kappa shape index (κ3) is 26.7. The summed E-state index contributed by atoms with van der Waals surface area (Å²) in [6, 6.07) is 0. The molecular formula is C51H92O15. The molecule has 2 aliphatic heterocycles. The Bertz CT molecular complexity index is 1250. The van der Waals surface area contributed by atoms with Gasteiger partial charge in [-0.2, -0.15) is 0 Å². The first-order valence-electron chi connectivity index (χ1n) is 25.9. The van der Waals surface area contributed by atoms with Crippen molar-refractivity contribution in [1.82, 2.24) is 0 Å². The Morgan fingerprint density at radius 2 is 0.909 bits per heavy atom. The number of esters is 2. The van der Waals surface area contributed by atoms with Gasteiger partial charge in [0, 0.05) is 12.8 Å². The van der Waals surface area contributed by atoms with E-state index in [0.29, 0.717) is 12.8 Å². The molecule has 0 radical (unpaired) electrons. The van der Waals surface area contributed by atoms with Gasteiger partial charge >= 0.3 is 11.9 Å². The lowest BCUT2D eigenvalue weighted by Crippen LogP contribution is -2.61. The van der Waals surface area contributed by atoms with E-state index in [1.165, 1.54) is 89.9 Å². The zero-order valence-electron chi connectivity index (χ0n) is 40.7. The largest absolute Gasteiger partial charge is 0.462 e. The van der Waals surface area contributed by atoms with Gasteiger partial charge in [0.25, 0.3) is 0 Å². The van der Waals surface area contributed by atoms with E-state index >= 15 is 0 Å². The summed E-state index contributed by atoms with van der Waals surface area (Å²) >= 11 is 0. The van der Waals surface area contributed by atoms with Crippen molar-refractivity contribution >= 4 is 11.9 Å². The number of carbonyl (C=O) groups is 2. The number of carbonyl (C=O) groups excluding carboxylic acids is 2. The van der Waals surface area contributed by atoms with E-state index in [4.69, 9.17) is 28.4 Å². The highest BCUT2D eigenvalue weighted by Crippen LogP contribution is 2.26. The van der Waals surface area contributed by atoms with Crippen LogP contribution in [0.15, 0.2) is 24.3 Å². The molecule has 2 saturated heterocycles. The highest BCUT2D eigenvalue weighted by atomic mass is 16.7. The van der Waals surface area contributed by atoms with Crippen LogP contribution in [0.4, 0.5) is 0 Å². The zero-order chi connectivity index (χ0) is 48.2. The summed E-state index contributed by atoms with van der Waals surface area (Å²) in [6.07, 6.45) is 22.0. The van der Waals surface area contributed by atoms with Gasteiger partial charge in [-0.3, -0.25) is 9.59 Å². The van der Waals surface area contributed by atoms with Crippen molar-refractivity contribution in [1.29, 1.82) is 0 Å². The molecule has 2 heterocycles. The molecule has 0 amide bonds. The van der Waals surface area contributed by atoms with Crippen molar-refractivity contribution in [3.63, 3.8) is 0 Å². The third-order valence-corrected chi connectivity index (χ3v) is 12.4. The summed E-state index contributed by atoms with van der Waals surface area (Å²) in [6.45, 7) is 2.57. The van der Waals surface area contributed by atoms with E-state index in [1.54, 1.807) is 0 Å². The van der Waals surface area contributed by atoms with Gasteiger partial charge in [0.05, 0.1) is 19.8 Å². The predicted octanol–water partition coefficient (Wildman–Crippen LogP) is 7.16. The maximum absolute atomic E-state index is 13.0. The Hall–Kier alpha value is -2.02. The Balaban J connectivity index is 1.81. The van der Waals surface area contributed by atoms with Gasteiger partial charge in [0.15, 0.2) is 18.7 Å². The normalized spacial score (nSPS) is 26.3. The van der Waals surface area contributed by atoms with Crippen molar-refractivity contribution in [2.24, 2.45) is 0 Å². The SMILES string of the molecule is CCCCC/C=C\C/C=C\CCCCCCCCCC(=O)OC(COC(=O)CCCCCCCCCCCCCCC)COC1OC(COC2OC(CO)C(O)C(O)C2O)C(O)C(O)C1O. The van der Waals surface area contributed by atoms with Crippen LogP contribution < -0.4 is 0 Å². The Kier molecular flexibility index (Phi) is 35.3. The summed E-state index contributed by atoms with van der Waals surface area (Å²) in [4.78, 5) is 25.7. The number of aliphatic hydroxyl groups is 7. The minimum absolute atomic E-state index is 0.159. The molecular weight excluding hydrogens is 853 g/mol. The number of unbranched alkanes of at least 4 members (excludes halogenated alkanes) is 22. The lowest BCUT2D eigenvalue weighted by molar-refractivity contribution is -0.332. The van der Waals surface area contributed by atoms with Gasteiger partial charge < -0.3 is 64.2 Å². The maximum Gasteiger partial charge on any atom is 0.306 e.